The van der Waals surface area contributed by atoms with E-state index in [2.05, 4.69) is 17.3 Å². The normalized spacial score (nSPS) is 25.9. The van der Waals surface area contributed by atoms with Crippen molar-refractivity contribution in [1.29, 1.82) is 0 Å². The average molecular weight is 293 g/mol. The number of aliphatic hydroxyl groups is 1. The molecule has 118 valence electrons. The van der Waals surface area contributed by atoms with Crippen molar-refractivity contribution in [2.45, 2.75) is 58.4 Å². The smallest absolute Gasteiger partial charge is 0.225 e. The lowest BCUT2D eigenvalue weighted by Gasteiger charge is -2.38. The van der Waals surface area contributed by atoms with Gasteiger partial charge in [-0.25, -0.2) is 0 Å². The summed E-state index contributed by atoms with van der Waals surface area (Å²) in [5, 5.41) is 17.2. The molecule has 2 rings (SSSR count). The molecule has 1 aliphatic carbocycles. The number of aromatic nitrogens is 2. The quantitative estimate of drug-likeness (QED) is 0.887. The molecule has 0 aliphatic heterocycles. The van der Waals surface area contributed by atoms with E-state index in [9.17, 15) is 9.90 Å². The van der Waals surface area contributed by atoms with Crippen LogP contribution in [0.15, 0.2) is 0 Å². The second-order valence-electron chi connectivity index (χ2n) is 6.62. The summed E-state index contributed by atoms with van der Waals surface area (Å²) in [6, 6.07) is 0. The Labute approximate surface area is 126 Å². The molecule has 5 nitrogen and oxygen atoms in total. The molecule has 0 radical (unpaired) electrons. The maximum atomic E-state index is 12.4. The van der Waals surface area contributed by atoms with Crippen molar-refractivity contribution in [3.63, 3.8) is 0 Å². The van der Waals surface area contributed by atoms with Gasteiger partial charge in [0.15, 0.2) is 0 Å². The van der Waals surface area contributed by atoms with Crippen LogP contribution in [0.2, 0.25) is 0 Å². The van der Waals surface area contributed by atoms with Gasteiger partial charge < -0.3 is 10.4 Å². The van der Waals surface area contributed by atoms with Gasteiger partial charge in [-0.1, -0.05) is 6.92 Å². The summed E-state index contributed by atoms with van der Waals surface area (Å²) >= 11 is 0. The first kappa shape index (κ1) is 16.0. The van der Waals surface area contributed by atoms with Gasteiger partial charge in [0.25, 0.3) is 0 Å². The fourth-order valence-corrected chi connectivity index (χ4v) is 3.21. The molecule has 5 heteroatoms. The second kappa shape index (κ2) is 6.18. The number of nitrogens with one attached hydrogen (secondary N) is 1. The minimum atomic E-state index is -0.423. The summed E-state index contributed by atoms with van der Waals surface area (Å²) in [5.74, 6) is 0.669. The van der Waals surface area contributed by atoms with Crippen LogP contribution in [-0.4, -0.2) is 32.9 Å². The topological polar surface area (TPSA) is 67.2 Å². The van der Waals surface area contributed by atoms with Crippen LogP contribution in [0.25, 0.3) is 0 Å². The predicted octanol–water partition coefficient (Wildman–Crippen LogP) is 1.64. The number of amides is 1. The molecular formula is C16H27N3O2. The van der Waals surface area contributed by atoms with Crippen molar-refractivity contribution in [3.05, 3.63) is 17.0 Å². The molecule has 1 aromatic heterocycles. The molecular weight excluding hydrogens is 266 g/mol. The third-order valence-corrected chi connectivity index (χ3v) is 4.93. The van der Waals surface area contributed by atoms with Gasteiger partial charge in [0.1, 0.15) is 0 Å². The Balaban J connectivity index is 2.03. The van der Waals surface area contributed by atoms with Gasteiger partial charge in [0.2, 0.25) is 5.91 Å². The lowest BCUT2D eigenvalue weighted by atomic mass is 9.77. The van der Waals surface area contributed by atoms with Gasteiger partial charge in [0, 0.05) is 18.3 Å². The third kappa shape index (κ3) is 3.46. The first-order valence-electron chi connectivity index (χ1n) is 7.78. The molecule has 1 aromatic rings. The van der Waals surface area contributed by atoms with Gasteiger partial charge >= 0.3 is 0 Å². The fraction of sp³-hybridized carbons (Fsp3) is 0.750. The van der Waals surface area contributed by atoms with Crippen LogP contribution < -0.4 is 5.32 Å². The van der Waals surface area contributed by atoms with Crippen LogP contribution in [0.3, 0.4) is 0 Å². The average Bonchev–Trinajstić information content (AvgIpc) is 2.68. The van der Waals surface area contributed by atoms with Gasteiger partial charge in [-0.05, 0) is 45.4 Å². The number of rotatable bonds is 4. The van der Waals surface area contributed by atoms with E-state index in [1.165, 1.54) is 0 Å². The minimum Gasteiger partial charge on any atom is -0.394 e. The van der Waals surface area contributed by atoms with E-state index >= 15 is 0 Å². The number of carbonyl (C=O) groups excluding carboxylic acids is 1. The molecule has 0 unspecified atom stereocenters. The zero-order valence-electron chi connectivity index (χ0n) is 13.6. The molecule has 0 aromatic carbocycles. The fourth-order valence-electron chi connectivity index (χ4n) is 3.21. The lowest BCUT2D eigenvalue weighted by Crippen LogP contribution is -2.53. The summed E-state index contributed by atoms with van der Waals surface area (Å²) in [6.07, 6.45) is 4.18. The summed E-state index contributed by atoms with van der Waals surface area (Å²) < 4.78 is 1.81. The van der Waals surface area contributed by atoms with E-state index in [0.29, 0.717) is 12.3 Å². The molecule has 0 bridgehead atoms. The number of hydrogen-bond donors (Lipinski definition) is 2. The Kier molecular flexibility index (Phi) is 4.71. The maximum Gasteiger partial charge on any atom is 0.225 e. The van der Waals surface area contributed by atoms with Gasteiger partial charge in [-0.3, -0.25) is 9.48 Å². The van der Waals surface area contributed by atoms with E-state index in [4.69, 9.17) is 0 Å². The van der Waals surface area contributed by atoms with E-state index in [1.54, 1.807) is 0 Å². The van der Waals surface area contributed by atoms with Crippen LogP contribution in [0.4, 0.5) is 0 Å². The molecule has 1 fully saturated rings. The highest BCUT2D eigenvalue weighted by Gasteiger charge is 2.35. The van der Waals surface area contributed by atoms with Crippen LogP contribution >= 0.6 is 0 Å². The first-order chi connectivity index (χ1) is 9.87. The molecule has 1 saturated carbocycles. The second-order valence-corrected chi connectivity index (χ2v) is 6.62. The van der Waals surface area contributed by atoms with E-state index < -0.39 is 5.54 Å². The maximum absolute atomic E-state index is 12.4. The van der Waals surface area contributed by atoms with Crippen molar-refractivity contribution < 1.29 is 9.90 Å². The molecule has 0 atom stereocenters. The van der Waals surface area contributed by atoms with E-state index in [-0.39, 0.29) is 12.5 Å². The number of aryl methyl sites for hydroxylation is 2. The number of aliphatic hydroxyl groups excluding tert-OH is 1. The van der Waals surface area contributed by atoms with E-state index in [1.807, 2.05) is 25.6 Å². The van der Waals surface area contributed by atoms with Crippen molar-refractivity contribution in [3.8, 4) is 0 Å². The van der Waals surface area contributed by atoms with Crippen LogP contribution in [0.1, 0.15) is 49.6 Å². The Morgan fingerprint density at radius 1 is 1.43 bits per heavy atom. The zero-order valence-corrected chi connectivity index (χ0v) is 13.6. The Morgan fingerprint density at radius 2 is 2.05 bits per heavy atom. The highest BCUT2D eigenvalue weighted by Crippen LogP contribution is 2.31. The van der Waals surface area contributed by atoms with Crippen LogP contribution in [0.5, 0.6) is 0 Å². The monoisotopic (exact) mass is 293 g/mol. The van der Waals surface area contributed by atoms with Gasteiger partial charge in [0.05, 0.1) is 24.3 Å². The van der Waals surface area contributed by atoms with Gasteiger partial charge in [-0.2, -0.15) is 5.10 Å². The van der Waals surface area contributed by atoms with Crippen LogP contribution in [0, 0.1) is 19.8 Å². The molecule has 2 N–H and O–H groups in total. The summed E-state index contributed by atoms with van der Waals surface area (Å²) in [6.45, 7) is 6.16. The lowest BCUT2D eigenvalue weighted by molar-refractivity contribution is -0.123. The first-order valence-corrected chi connectivity index (χ1v) is 7.78. The minimum absolute atomic E-state index is 0.0159. The van der Waals surface area contributed by atoms with Crippen molar-refractivity contribution in [1.82, 2.24) is 15.1 Å². The van der Waals surface area contributed by atoms with Gasteiger partial charge in [-0.15, -0.1) is 0 Å². The Morgan fingerprint density at radius 3 is 2.52 bits per heavy atom. The molecule has 0 saturated heterocycles. The largest absolute Gasteiger partial charge is 0.394 e. The summed E-state index contributed by atoms with van der Waals surface area (Å²) in [7, 11) is 1.89. The third-order valence-electron chi connectivity index (χ3n) is 4.93. The molecule has 0 spiro atoms. The predicted molar refractivity (Wildman–Crippen MR) is 82.0 cm³/mol. The summed E-state index contributed by atoms with van der Waals surface area (Å²) in [4.78, 5) is 12.4. The summed E-state index contributed by atoms with van der Waals surface area (Å²) in [5.41, 5.74) is 2.50. The molecule has 1 amide bonds. The SMILES string of the molecule is Cc1nn(C)c(C)c1CC(=O)NC1(CO)CCC(C)CC1. The number of hydrogen-bond acceptors (Lipinski definition) is 3. The molecule has 1 heterocycles. The standard InChI is InChI=1S/C16H27N3O2/c1-11-5-7-16(10-20,8-6-11)17-15(21)9-14-12(2)18-19(4)13(14)3/h11,20H,5-10H2,1-4H3,(H,17,21). The van der Waals surface area contributed by atoms with Crippen molar-refractivity contribution in [2.75, 3.05) is 6.61 Å². The van der Waals surface area contributed by atoms with E-state index in [0.717, 1.165) is 42.6 Å². The van der Waals surface area contributed by atoms with Crippen molar-refractivity contribution in [2.24, 2.45) is 13.0 Å². The van der Waals surface area contributed by atoms with Crippen molar-refractivity contribution >= 4 is 5.91 Å². The Bertz CT molecular complexity index is 514. The number of nitrogens with zero attached hydrogens (tertiary/aromatic N) is 2. The molecule has 1 aliphatic rings. The Hall–Kier alpha value is -1.36. The highest BCUT2D eigenvalue weighted by atomic mass is 16.3. The zero-order chi connectivity index (χ0) is 15.6. The number of carbonyl (C=O) groups is 1. The molecule has 21 heavy (non-hydrogen) atoms. The highest BCUT2D eigenvalue weighted by molar-refractivity contribution is 5.80. The van der Waals surface area contributed by atoms with Crippen LogP contribution in [-0.2, 0) is 18.3 Å².